The van der Waals surface area contributed by atoms with Crippen molar-refractivity contribution in [1.29, 1.82) is 0 Å². The van der Waals surface area contributed by atoms with Gasteiger partial charge in [-0.25, -0.2) is 5.01 Å². The second-order valence-corrected chi connectivity index (χ2v) is 7.44. The van der Waals surface area contributed by atoms with Crippen molar-refractivity contribution in [1.82, 2.24) is 5.01 Å². The van der Waals surface area contributed by atoms with Crippen molar-refractivity contribution in [3.63, 3.8) is 0 Å². The first kappa shape index (κ1) is 20.6. The minimum Gasteiger partial charge on any atom is -0.497 e. The second-order valence-electron chi connectivity index (χ2n) is 7.00. The van der Waals surface area contributed by atoms with Crippen molar-refractivity contribution in [2.45, 2.75) is 12.5 Å². The molecule has 0 fully saturated rings. The lowest BCUT2D eigenvalue weighted by Gasteiger charge is -2.22. The SMILES string of the molecule is COc1ccc(C2=NN(C(=O)c3ccc(Cl)cc3)[C@H](c3cccc([N+](=O)[O-])c3)C2)cc1. The lowest BCUT2D eigenvalue weighted by atomic mass is 9.97. The molecule has 3 aromatic carbocycles. The lowest BCUT2D eigenvalue weighted by molar-refractivity contribution is -0.384. The number of hydrazone groups is 1. The highest BCUT2D eigenvalue weighted by atomic mass is 35.5. The average molecular weight is 436 g/mol. The molecule has 1 atom stereocenters. The molecule has 0 aromatic heterocycles. The zero-order chi connectivity index (χ0) is 22.0. The van der Waals surface area contributed by atoms with Crippen molar-refractivity contribution in [2.75, 3.05) is 7.11 Å². The van der Waals surface area contributed by atoms with Gasteiger partial charge in [0.1, 0.15) is 5.75 Å². The summed E-state index contributed by atoms with van der Waals surface area (Å²) in [6.45, 7) is 0. The normalized spacial score (nSPS) is 15.5. The largest absolute Gasteiger partial charge is 0.497 e. The van der Waals surface area contributed by atoms with E-state index in [1.807, 2.05) is 24.3 Å². The van der Waals surface area contributed by atoms with E-state index in [0.29, 0.717) is 34.0 Å². The molecule has 0 aliphatic carbocycles. The van der Waals surface area contributed by atoms with E-state index >= 15 is 0 Å². The van der Waals surface area contributed by atoms with Crippen LogP contribution in [0.25, 0.3) is 0 Å². The maximum absolute atomic E-state index is 13.3. The quantitative estimate of drug-likeness (QED) is 0.404. The number of rotatable bonds is 5. The minimum atomic E-state index is -0.472. The Balaban J connectivity index is 1.73. The van der Waals surface area contributed by atoms with Gasteiger partial charge in [-0.2, -0.15) is 5.10 Å². The van der Waals surface area contributed by atoms with E-state index in [-0.39, 0.29) is 11.6 Å². The molecule has 4 rings (SSSR count). The Bertz CT molecular complexity index is 1160. The summed E-state index contributed by atoms with van der Waals surface area (Å²) in [6.07, 6.45) is 0.423. The Morgan fingerprint density at radius 3 is 2.48 bits per heavy atom. The van der Waals surface area contributed by atoms with Crippen LogP contribution in [-0.2, 0) is 0 Å². The van der Waals surface area contributed by atoms with Gasteiger partial charge in [-0.15, -0.1) is 0 Å². The summed E-state index contributed by atoms with van der Waals surface area (Å²) < 4.78 is 5.21. The molecule has 0 spiro atoms. The number of nitrogens with zero attached hydrogens (tertiary/aromatic N) is 3. The first-order valence-corrected chi connectivity index (χ1v) is 9.89. The fraction of sp³-hybridized carbons (Fsp3) is 0.130. The van der Waals surface area contributed by atoms with Crippen molar-refractivity contribution < 1.29 is 14.5 Å². The maximum Gasteiger partial charge on any atom is 0.274 e. The number of carbonyl (C=O) groups is 1. The molecule has 1 amide bonds. The van der Waals surface area contributed by atoms with Gasteiger partial charge in [0, 0.05) is 29.1 Å². The van der Waals surface area contributed by atoms with Crippen molar-refractivity contribution in [3.8, 4) is 5.75 Å². The van der Waals surface area contributed by atoms with Gasteiger partial charge in [0.05, 0.1) is 23.8 Å². The van der Waals surface area contributed by atoms with Crippen LogP contribution in [0.1, 0.15) is 33.9 Å². The zero-order valence-corrected chi connectivity index (χ0v) is 17.3. The zero-order valence-electron chi connectivity index (χ0n) is 16.6. The van der Waals surface area contributed by atoms with Crippen LogP contribution in [0.2, 0.25) is 5.02 Å². The van der Waals surface area contributed by atoms with E-state index in [9.17, 15) is 14.9 Å². The van der Waals surface area contributed by atoms with Gasteiger partial charge >= 0.3 is 0 Å². The summed E-state index contributed by atoms with van der Waals surface area (Å²) in [4.78, 5) is 24.1. The molecule has 7 nitrogen and oxygen atoms in total. The van der Waals surface area contributed by atoms with Crippen LogP contribution >= 0.6 is 11.6 Å². The minimum absolute atomic E-state index is 0.0331. The number of carbonyl (C=O) groups excluding carboxylic acids is 1. The van der Waals surface area contributed by atoms with Crippen LogP contribution in [-0.4, -0.2) is 28.7 Å². The van der Waals surface area contributed by atoms with Gasteiger partial charge in [0.25, 0.3) is 11.6 Å². The number of non-ortho nitro benzene ring substituents is 1. The third kappa shape index (κ3) is 4.27. The summed E-state index contributed by atoms with van der Waals surface area (Å²) in [5.41, 5.74) is 2.60. The number of methoxy groups -OCH3 is 1. The van der Waals surface area contributed by atoms with Crippen molar-refractivity contribution in [3.05, 3.63) is 105 Å². The second kappa shape index (κ2) is 8.57. The molecular weight excluding hydrogens is 418 g/mol. The molecule has 156 valence electrons. The molecule has 31 heavy (non-hydrogen) atoms. The molecule has 0 bridgehead atoms. The van der Waals surface area contributed by atoms with Gasteiger partial charge < -0.3 is 4.74 Å². The predicted octanol–water partition coefficient (Wildman–Crippen LogP) is 5.25. The summed E-state index contributed by atoms with van der Waals surface area (Å²) in [7, 11) is 1.59. The highest BCUT2D eigenvalue weighted by Gasteiger charge is 2.34. The van der Waals surface area contributed by atoms with Crippen molar-refractivity contribution >= 4 is 28.9 Å². The molecule has 0 saturated carbocycles. The standard InChI is InChI=1S/C23H18ClN3O4/c1-31-20-11-7-15(8-12-20)21-14-22(17-3-2-4-19(13-17)27(29)30)26(25-21)23(28)16-5-9-18(24)10-6-16/h2-13,22H,14H2,1H3/t22-/m0/s1. The fourth-order valence-electron chi connectivity index (χ4n) is 3.49. The third-order valence-electron chi connectivity index (χ3n) is 5.10. The molecular formula is C23H18ClN3O4. The highest BCUT2D eigenvalue weighted by molar-refractivity contribution is 6.30. The number of nitro groups is 1. The first-order valence-electron chi connectivity index (χ1n) is 9.51. The van der Waals surface area contributed by atoms with Crippen LogP contribution in [0.5, 0.6) is 5.75 Å². The van der Waals surface area contributed by atoms with E-state index in [2.05, 4.69) is 5.10 Å². The summed E-state index contributed by atoms with van der Waals surface area (Å²) in [5.74, 6) is 0.406. The van der Waals surface area contributed by atoms with E-state index < -0.39 is 11.0 Å². The number of halogens is 1. The first-order chi connectivity index (χ1) is 15.0. The van der Waals surface area contributed by atoms with Crippen LogP contribution < -0.4 is 4.74 Å². The number of hydrogen-bond acceptors (Lipinski definition) is 5. The molecule has 3 aromatic rings. The number of hydrogen-bond donors (Lipinski definition) is 0. The number of ether oxygens (including phenoxy) is 1. The average Bonchev–Trinajstić information content (AvgIpc) is 3.25. The molecule has 8 heteroatoms. The molecule has 0 unspecified atom stereocenters. The van der Waals surface area contributed by atoms with E-state index in [4.69, 9.17) is 16.3 Å². The van der Waals surface area contributed by atoms with Gasteiger partial charge in [-0.1, -0.05) is 23.7 Å². The molecule has 1 aliphatic rings. The summed E-state index contributed by atoms with van der Waals surface area (Å²) >= 11 is 5.95. The monoisotopic (exact) mass is 435 g/mol. The van der Waals surface area contributed by atoms with Gasteiger partial charge in [0.2, 0.25) is 0 Å². The Morgan fingerprint density at radius 2 is 1.84 bits per heavy atom. The maximum atomic E-state index is 13.3. The van der Waals surface area contributed by atoms with E-state index in [0.717, 1.165) is 5.56 Å². The van der Waals surface area contributed by atoms with Gasteiger partial charge in [0.15, 0.2) is 0 Å². The Labute approximate surface area is 183 Å². The highest BCUT2D eigenvalue weighted by Crippen LogP contribution is 2.35. The van der Waals surface area contributed by atoms with E-state index in [1.165, 1.54) is 17.1 Å². The lowest BCUT2D eigenvalue weighted by Crippen LogP contribution is -2.27. The molecule has 0 N–H and O–H groups in total. The van der Waals surface area contributed by atoms with Crippen molar-refractivity contribution in [2.24, 2.45) is 5.10 Å². The summed E-state index contributed by atoms with van der Waals surface area (Å²) in [6, 6.07) is 19.8. The number of benzene rings is 3. The summed E-state index contributed by atoms with van der Waals surface area (Å²) in [5, 5.41) is 17.8. The van der Waals surface area contributed by atoms with Crippen LogP contribution in [0.4, 0.5) is 5.69 Å². The molecule has 1 heterocycles. The Kier molecular flexibility index (Phi) is 5.68. The Morgan fingerprint density at radius 1 is 1.13 bits per heavy atom. The van der Waals surface area contributed by atoms with Gasteiger partial charge in [-0.05, 0) is 59.7 Å². The Hall–Kier alpha value is -3.71. The number of nitro benzene ring substituents is 1. The predicted molar refractivity (Wildman–Crippen MR) is 118 cm³/mol. The molecule has 1 aliphatic heterocycles. The van der Waals surface area contributed by atoms with Crippen LogP contribution in [0.15, 0.2) is 77.9 Å². The third-order valence-corrected chi connectivity index (χ3v) is 5.35. The van der Waals surface area contributed by atoms with E-state index in [1.54, 1.807) is 43.5 Å². The van der Waals surface area contributed by atoms with Crippen LogP contribution in [0, 0.1) is 10.1 Å². The molecule has 0 saturated heterocycles. The fourth-order valence-corrected chi connectivity index (χ4v) is 3.61. The topological polar surface area (TPSA) is 85.0 Å². The smallest absolute Gasteiger partial charge is 0.274 e. The van der Waals surface area contributed by atoms with Gasteiger partial charge in [-0.3, -0.25) is 14.9 Å². The molecule has 0 radical (unpaired) electrons. The number of amides is 1. The van der Waals surface area contributed by atoms with Crippen LogP contribution in [0.3, 0.4) is 0 Å².